The van der Waals surface area contributed by atoms with Gasteiger partial charge < -0.3 is 5.11 Å². The van der Waals surface area contributed by atoms with Crippen molar-refractivity contribution in [3.8, 4) is 0 Å². The van der Waals surface area contributed by atoms with Gasteiger partial charge in [-0.25, -0.2) is 0 Å². The fraction of sp³-hybridized carbons (Fsp3) is 0.444. The van der Waals surface area contributed by atoms with Gasteiger partial charge in [0, 0.05) is 5.69 Å². The Morgan fingerprint density at radius 3 is 2.45 bits per heavy atom. The van der Waals surface area contributed by atoms with Crippen molar-refractivity contribution in [1.29, 1.82) is 0 Å². The van der Waals surface area contributed by atoms with E-state index in [1.807, 2.05) is 26.0 Å². The summed E-state index contributed by atoms with van der Waals surface area (Å²) in [7, 11) is 0. The Morgan fingerprint density at radius 1 is 1.36 bits per heavy atom. The molecular weight excluding hydrogens is 138 g/mol. The van der Waals surface area contributed by atoms with E-state index in [4.69, 9.17) is 0 Å². The summed E-state index contributed by atoms with van der Waals surface area (Å²) in [5.41, 5.74) is 2.89. The molecule has 1 atom stereocenters. The SMILES string of the molecule is Cc1ccc(C(C)O)nc1C. The van der Waals surface area contributed by atoms with Crippen molar-refractivity contribution in [2.45, 2.75) is 26.9 Å². The summed E-state index contributed by atoms with van der Waals surface area (Å²) in [6.45, 7) is 5.67. The van der Waals surface area contributed by atoms with E-state index in [2.05, 4.69) is 4.98 Å². The number of aryl methyl sites for hydroxylation is 2. The Labute approximate surface area is 66.9 Å². The van der Waals surface area contributed by atoms with Crippen molar-refractivity contribution in [2.75, 3.05) is 0 Å². The van der Waals surface area contributed by atoms with Gasteiger partial charge in [0.1, 0.15) is 0 Å². The summed E-state index contributed by atoms with van der Waals surface area (Å²) >= 11 is 0. The summed E-state index contributed by atoms with van der Waals surface area (Å²) in [5, 5.41) is 9.18. The number of rotatable bonds is 1. The molecule has 1 aromatic heterocycles. The lowest BCUT2D eigenvalue weighted by Gasteiger charge is -2.05. The van der Waals surface area contributed by atoms with Crippen LogP contribution in [-0.2, 0) is 0 Å². The van der Waals surface area contributed by atoms with E-state index in [0.717, 1.165) is 17.0 Å². The first-order valence-electron chi connectivity index (χ1n) is 3.73. The third-order valence-electron chi connectivity index (χ3n) is 1.80. The molecule has 0 aliphatic heterocycles. The normalized spacial score (nSPS) is 13.1. The second-order valence-electron chi connectivity index (χ2n) is 2.81. The van der Waals surface area contributed by atoms with Gasteiger partial charge in [0.15, 0.2) is 0 Å². The van der Waals surface area contributed by atoms with E-state index < -0.39 is 6.10 Å². The number of hydrogen-bond acceptors (Lipinski definition) is 2. The summed E-state index contributed by atoms with van der Waals surface area (Å²) in [6.07, 6.45) is -0.464. The molecule has 2 heteroatoms. The third kappa shape index (κ3) is 1.77. The van der Waals surface area contributed by atoms with Gasteiger partial charge in [-0.1, -0.05) is 6.07 Å². The van der Waals surface area contributed by atoms with E-state index in [9.17, 15) is 5.11 Å². The van der Waals surface area contributed by atoms with E-state index in [0.29, 0.717) is 0 Å². The quantitative estimate of drug-likeness (QED) is 0.663. The molecule has 2 nitrogen and oxygen atoms in total. The van der Waals surface area contributed by atoms with E-state index in [1.54, 1.807) is 6.92 Å². The Balaban J connectivity index is 3.05. The summed E-state index contributed by atoms with van der Waals surface area (Å²) in [4.78, 5) is 4.22. The van der Waals surface area contributed by atoms with Crippen molar-refractivity contribution >= 4 is 0 Å². The lowest BCUT2D eigenvalue weighted by molar-refractivity contribution is 0.194. The van der Waals surface area contributed by atoms with Crippen molar-refractivity contribution < 1.29 is 5.11 Å². The molecule has 0 aliphatic carbocycles. The molecule has 0 saturated heterocycles. The van der Waals surface area contributed by atoms with Gasteiger partial charge in [-0.2, -0.15) is 0 Å². The summed E-state index contributed by atoms with van der Waals surface area (Å²) in [6, 6.07) is 3.83. The maximum Gasteiger partial charge on any atom is 0.0931 e. The van der Waals surface area contributed by atoms with Gasteiger partial charge in [0.2, 0.25) is 0 Å². The van der Waals surface area contributed by atoms with Crippen molar-refractivity contribution in [2.24, 2.45) is 0 Å². The molecule has 1 aromatic rings. The zero-order valence-corrected chi connectivity index (χ0v) is 7.13. The minimum absolute atomic E-state index is 0.464. The average molecular weight is 151 g/mol. The molecular formula is C9H13NO. The van der Waals surface area contributed by atoms with Gasteiger partial charge in [-0.05, 0) is 32.4 Å². The van der Waals surface area contributed by atoms with Gasteiger partial charge in [-0.15, -0.1) is 0 Å². The molecule has 1 heterocycles. The predicted molar refractivity (Wildman–Crippen MR) is 44.3 cm³/mol. The summed E-state index contributed by atoms with van der Waals surface area (Å²) in [5.74, 6) is 0. The van der Waals surface area contributed by atoms with Crippen LogP contribution in [0.15, 0.2) is 12.1 Å². The second kappa shape index (κ2) is 3.01. The monoisotopic (exact) mass is 151 g/mol. The van der Waals surface area contributed by atoms with Gasteiger partial charge in [0.25, 0.3) is 0 Å². The molecule has 11 heavy (non-hydrogen) atoms. The van der Waals surface area contributed by atoms with Crippen molar-refractivity contribution in [1.82, 2.24) is 4.98 Å². The second-order valence-corrected chi connectivity index (χ2v) is 2.81. The average Bonchev–Trinajstić information content (AvgIpc) is 1.94. The van der Waals surface area contributed by atoms with E-state index >= 15 is 0 Å². The number of aliphatic hydroxyl groups excluding tert-OH is 1. The smallest absolute Gasteiger partial charge is 0.0931 e. The number of aromatic nitrogens is 1. The molecule has 0 amide bonds. The Kier molecular flexibility index (Phi) is 2.25. The topological polar surface area (TPSA) is 33.1 Å². The molecule has 0 spiro atoms. The largest absolute Gasteiger partial charge is 0.387 e. The highest BCUT2D eigenvalue weighted by molar-refractivity contribution is 5.21. The number of nitrogens with zero attached hydrogens (tertiary/aromatic N) is 1. The van der Waals surface area contributed by atoms with Crippen molar-refractivity contribution in [3.05, 3.63) is 29.1 Å². The van der Waals surface area contributed by atoms with Crippen LogP contribution in [0.3, 0.4) is 0 Å². The zero-order valence-electron chi connectivity index (χ0n) is 7.13. The molecule has 1 unspecified atom stereocenters. The van der Waals surface area contributed by atoms with Gasteiger partial charge in [0.05, 0.1) is 11.8 Å². The zero-order chi connectivity index (χ0) is 8.43. The molecule has 0 aliphatic rings. The van der Waals surface area contributed by atoms with Crippen LogP contribution in [0.25, 0.3) is 0 Å². The van der Waals surface area contributed by atoms with Crippen LogP contribution in [-0.4, -0.2) is 10.1 Å². The third-order valence-corrected chi connectivity index (χ3v) is 1.80. The maximum atomic E-state index is 9.18. The van der Waals surface area contributed by atoms with Crippen LogP contribution in [0.1, 0.15) is 30.0 Å². The van der Waals surface area contributed by atoms with Crippen LogP contribution in [0.2, 0.25) is 0 Å². The standard InChI is InChI=1S/C9H13NO/c1-6-4-5-9(8(3)11)10-7(6)2/h4-5,8,11H,1-3H3. The Bertz CT molecular complexity index is 256. The number of pyridine rings is 1. The molecule has 0 radical (unpaired) electrons. The fourth-order valence-corrected chi connectivity index (χ4v) is 0.883. The van der Waals surface area contributed by atoms with Crippen LogP contribution in [0.5, 0.6) is 0 Å². The molecule has 1 rings (SSSR count). The first kappa shape index (κ1) is 8.21. The first-order chi connectivity index (χ1) is 5.11. The van der Waals surface area contributed by atoms with Gasteiger partial charge >= 0.3 is 0 Å². The highest BCUT2D eigenvalue weighted by Crippen LogP contribution is 2.11. The highest BCUT2D eigenvalue weighted by Gasteiger charge is 2.02. The lowest BCUT2D eigenvalue weighted by atomic mass is 10.2. The first-order valence-corrected chi connectivity index (χ1v) is 3.73. The number of hydrogen-bond donors (Lipinski definition) is 1. The molecule has 60 valence electrons. The van der Waals surface area contributed by atoms with Crippen LogP contribution in [0.4, 0.5) is 0 Å². The number of aliphatic hydroxyl groups is 1. The minimum Gasteiger partial charge on any atom is -0.387 e. The fourth-order valence-electron chi connectivity index (χ4n) is 0.883. The minimum atomic E-state index is -0.464. The van der Waals surface area contributed by atoms with Crippen LogP contribution < -0.4 is 0 Å². The van der Waals surface area contributed by atoms with Crippen LogP contribution >= 0.6 is 0 Å². The van der Waals surface area contributed by atoms with Crippen LogP contribution in [0, 0.1) is 13.8 Å². The highest BCUT2D eigenvalue weighted by atomic mass is 16.3. The maximum absolute atomic E-state index is 9.18. The molecule has 1 N–H and O–H groups in total. The summed E-state index contributed by atoms with van der Waals surface area (Å²) < 4.78 is 0. The van der Waals surface area contributed by atoms with Gasteiger partial charge in [-0.3, -0.25) is 4.98 Å². The molecule has 0 bridgehead atoms. The van der Waals surface area contributed by atoms with Crippen molar-refractivity contribution in [3.63, 3.8) is 0 Å². The molecule has 0 fully saturated rings. The Hall–Kier alpha value is -0.890. The Morgan fingerprint density at radius 2 is 2.00 bits per heavy atom. The molecule has 0 aromatic carbocycles. The van der Waals surface area contributed by atoms with E-state index in [1.165, 1.54) is 0 Å². The predicted octanol–water partition coefficient (Wildman–Crippen LogP) is 1.75. The van der Waals surface area contributed by atoms with E-state index in [-0.39, 0.29) is 0 Å². The lowest BCUT2D eigenvalue weighted by Crippen LogP contribution is -1.97. The molecule has 0 saturated carbocycles.